The van der Waals surface area contributed by atoms with E-state index in [1.54, 1.807) is 6.92 Å². The molecular formula is C28H31ClFN5O4S2. The molecule has 1 aromatic carbocycles. The van der Waals surface area contributed by atoms with Crippen LogP contribution in [0.1, 0.15) is 88.5 Å². The highest BCUT2D eigenvalue weighted by molar-refractivity contribution is 7.99. The zero-order valence-corrected chi connectivity index (χ0v) is 25.0. The SMILES string of the molecule is CCOC(=O)c1c(NC(=O)CSc2nnc(CNC(=O)c3c(F)cccc3Cl)n2C2CCCCC2)sc2c1CCC2. The fourth-order valence-corrected chi connectivity index (χ4v) is 7.77. The number of benzene rings is 1. The van der Waals surface area contributed by atoms with E-state index in [2.05, 4.69) is 20.8 Å². The number of esters is 1. The monoisotopic (exact) mass is 619 g/mol. The van der Waals surface area contributed by atoms with E-state index >= 15 is 0 Å². The fourth-order valence-electron chi connectivity index (χ4n) is 5.40. The molecule has 41 heavy (non-hydrogen) atoms. The molecule has 2 aliphatic carbocycles. The average molecular weight is 620 g/mol. The number of amides is 2. The Morgan fingerprint density at radius 3 is 2.71 bits per heavy atom. The Morgan fingerprint density at radius 1 is 1.15 bits per heavy atom. The number of carbonyl (C=O) groups is 3. The van der Waals surface area contributed by atoms with Gasteiger partial charge >= 0.3 is 5.97 Å². The molecule has 1 fully saturated rings. The van der Waals surface area contributed by atoms with E-state index in [1.807, 2.05) is 4.57 Å². The van der Waals surface area contributed by atoms with Crippen LogP contribution in [0.25, 0.3) is 0 Å². The molecule has 2 heterocycles. The molecule has 0 aliphatic heterocycles. The predicted molar refractivity (Wildman–Crippen MR) is 156 cm³/mol. The van der Waals surface area contributed by atoms with Crippen molar-refractivity contribution in [1.29, 1.82) is 0 Å². The Labute approximate surface area is 250 Å². The quantitative estimate of drug-likeness (QED) is 0.212. The van der Waals surface area contributed by atoms with E-state index in [-0.39, 0.29) is 41.4 Å². The lowest BCUT2D eigenvalue weighted by Gasteiger charge is -2.25. The molecule has 9 nitrogen and oxygen atoms in total. The molecule has 218 valence electrons. The van der Waals surface area contributed by atoms with Gasteiger partial charge in [-0.15, -0.1) is 21.5 Å². The maximum absolute atomic E-state index is 14.2. The van der Waals surface area contributed by atoms with Crippen molar-refractivity contribution in [2.75, 3.05) is 17.7 Å². The highest BCUT2D eigenvalue weighted by Crippen LogP contribution is 2.40. The van der Waals surface area contributed by atoms with Gasteiger partial charge in [-0.1, -0.05) is 48.7 Å². The number of fused-ring (bicyclic) bond motifs is 1. The molecule has 0 spiro atoms. The number of carbonyl (C=O) groups excluding carboxylic acids is 3. The normalized spacial score (nSPS) is 15.0. The Balaban J connectivity index is 1.29. The first-order chi connectivity index (χ1) is 19.9. The van der Waals surface area contributed by atoms with E-state index < -0.39 is 17.7 Å². The van der Waals surface area contributed by atoms with Gasteiger partial charge in [0.25, 0.3) is 5.91 Å². The Bertz CT molecular complexity index is 1430. The van der Waals surface area contributed by atoms with Gasteiger partial charge in [0.05, 0.1) is 35.1 Å². The summed E-state index contributed by atoms with van der Waals surface area (Å²) in [6.07, 6.45) is 7.82. The summed E-state index contributed by atoms with van der Waals surface area (Å²) >= 11 is 8.75. The van der Waals surface area contributed by atoms with Crippen LogP contribution >= 0.6 is 34.7 Å². The van der Waals surface area contributed by atoms with Crippen molar-refractivity contribution in [2.45, 2.75) is 76.0 Å². The van der Waals surface area contributed by atoms with Gasteiger partial charge in [-0.05, 0) is 56.7 Å². The molecule has 5 rings (SSSR count). The van der Waals surface area contributed by atoms with Crippen LogP contribution in [0.3, 0.4) is 0 Å². The lowest BCUT2D eigenvalue weighted by atomic mass is 9.95. The van der Waals surface area contributed by atoms with Gasteiger partial charge in [0, 0.05) is 10.9 Å². The third-order valence-corrected chi connectivity index (χ3v) is 9.72. The standard InChI is InChI=1S/C28H31ClFN5O4S2/c1-2-39-27(38)23-17-10-6-13-20(17)41-26(23)32-22(36)15-40-28-34-33-21(35(28)16-8-4-3-5-9-16)14-31-25(37)24-18(29)11-7-12-19(24)30/h7,11-12,16H,2-6,8-10,13-15H2,1H3,(H,31,37)(H,32,36). The van der Waals surface area contributed by atoms with Crippen LogP contribution in [-0.2, 0) is 28.9 Å². The third kappa shape index (κ3) is 6.60. The topological polar surface area (TPSA) is 115 Å². The number of rotatable bonds is 10. The molecule has 2 amide bonds. The number of anilines is 1. The van der Waals surface area contributed by atoms with Crippen molar-refractivity contribution in [3.63, 3.8) is 0 Å². The molecule has 0 saturated heterocycles. The van der Waals surface area contributed by atoms with E-state index in [4.69, 9.17) is 16.3 Å². The zero-order chi connectivity index (χ0) is 28.9. The van der Waals surface area contributed by atoms with Crippen LogP contribution < -0.4 is 10.6 Å². The van der Waals surface area contributed by atoms with Crippen LogP contribution in [0, 0.1) is 5.82 Å². The van der Waals surface area contributed by atoms with Crippen LogP contribution in [0.15, 0.2) is 23.4 Å². The number of ether oxygens (including phenoxy) is 1. The minimum atomic E-state index is -0.701. The van der Waals surface area contributed by atoms with Crippen molar-refractivity contribution in [2.24, 2.45) is 0 Å². The summed E-state index contributed by atoms with van der Waals surface area (Å²) in [6.45, 7) is 2.06. The maximum atomic E-state index is 14.2. The number of halogens is 2. The summed E-state index contributed by atoms with van der Waals surface area (Å²) in [6, 6.07) is 4.22. The van der Waals surface area contributed by atoms with Crippen molar-refractivity contribution < 1.29 is 23.5 Å². The highest BCUT2D eigenvalue weighted by atomic mass is 35.5. The summed E-state index contributed by atoms with van der Waals surface area (Å²) in [5.41, 5.74) is 1.24. The first-order valence-corrected chi connectivity index (χ1v) is 16.0. The number of nitrogens with one attached hydrogen (secondary N) is 2. The molecule has 13 heteroatoms. The number of thiophene rings is 1. The molecule has 1 saturated carbocycles. The first-order valence-electron chi connectivity index (χ1n) is 13.8. The van der Waals surface area contributed by atoms with Crippen molar-refractivity contribution in [1.82, 2.24) is 20.1 Å². The molecular weight excluding hydrogens is 589 g/mol. The third-order valence-electron chi connectivity index (χ3n) is 7.26. The average Bonchev–Trinajstić information content (AvgIpc) is 3.66. The van der Waals surface area contributed by atoms with Gasteiger partial charge in [0.1, 0.15) is 10.8 Å². The number of nitrogens with zero attached hydrogens (tertiary/aromatic N) is 3. The van der Waals surface area contributed by atoms with Crippen molar-refractivity contribution >= 4 is 57.5 Å². The van der Waals surface area contributed by atoms with Gasteiger partial charge in [0.2, 0.25) is 5.91 Å². The molecule has 0 bridgehead atoms. The second-order valence-electron chi connectivity index (χ2n) is 9.96. The smallest absolute Gasteiger partial charge is 0.341 e. The first kappa shape index (κ1) is 29.5. The molecule has 0 atom stereocenters. The van der Waals surface area contributed by atoms with Gasteiger partial charge in [-0.2, -0.15) is 0 Å². The van der Waals surface area contributed by atoms with Crippen molar-refractivity contribution in [3.8, 4) is 0 Å². The zero-order valence-electron chi connectivity index (χ0n) is 22.6. The lowest BCUT2D eigenvalue weighted by Crippen LogP contribution is -2.27. The van der Waals surface area contributed by atoms with E-state index in [9.17, 15) is 18.8 Å². The number of hydrogen-bond acceptors (Lipinski definition) is 8. The van der Waals surface area contributed by atoms with E-state index in [1.165, 1.54) is 41.3 Å². The minimum Gasteiger partial charge on any atom is -0.462 e. The highest BCUT2D eigenvalue weighted by Gasteiger charge is 2.29. The number of aryl methyl sites for hydroxylation is 1. The van der Waals surface area contributed by atoms with E-state index in [0.29, 0.717) is 21.5 Å². The molecule has 2 N–H and O–H groups in total. The Hall–Kier alpha value is -2.96. The van der Waals surface area contributed by atoms with Gasteiger partial charge in [-0.3, -0.25) is 9.59 Å². The Morgan fingerprint density at radius 2 is 1.95 bits per heavy atom. The molecule has 3 aromatic rings. The van der Waals surface area contributed by atoms with Gasteiger partial charge < -0.3 is 19.9 Å². The number of aromatic nitrogens is 3. The summed E-state index contributed by atoms with van der Waals surface area (Å²) in [7, 11) is 0. The maximum Gasteiger partial charge on any atom is 0.341 e. The lowest BCUT2D eigenvalue weighted by molar-refractivity contribution is -0.113. The number of thioether (sulfide) groups is 1. The largest absolute Gasteiger partial charge is 0.462 e. The Kier molecular flexibility index (Phi) is 9.61. The van der Waals surface area contributed by atoms with Gasteiger partial charge in [0.15, 0.2) is 11.0 Å². The molecule has 0 radical (unpaired) electrons. The minimum absolute atomic E-state index is 0.0283. The summed E-state index contributed by atoms with van der Waals surface area (Å²) in [5, 5.41) is 15.4. The summed E-state index contributed by atoms with van der Waals surface area (Å²) < 4.78 is 21.5. The summed E-state index contributed by atoms with van der Waals surface area (Å²) in [5.74, 6) is -1.42. The molecule has 2 aromatic heterocycles. The van der Waals surface area contributed by atoms with Crippen LogP contribution in [0.5, 0.6) is 0 Å². The molecule has 2 aliphatic rings. The second-order valence-corrected chi connectivity index (χ2v) is 12.4. The second kappa shape index (κ2) is 13.3. The van der Waals surface area contributed by atoms with Crippen LogP contribution in [0.2, 0.25) is 5.02 Å². The predicted octanol–water partition coefficient (Wildman–Crippen LogP) is 5.96. The van der Waals surface area contributed by atoms with Crippen LogP contribution in [-0.4, -0.2) is 44.9 Å². The summed E-state index contributed by atoms with van der Waals surface area (Å²) in [4.78, 5) is 39.5. The molecule has 0 unspecified atom stereocenters. The van der Waals surface area contributed by atoms with Gasteiger partial charge in [-0.25, -0.2) is 9.18 Å². The fraction of sp³-hybridized carbons (Fsp3) is 0.464. The van der Waals surface area contributed by atoms with Crippen molar-refractivity contribution in [3.05, 3.63) is 56.4 Å². The van der Waals surface area contributed by atoms with E-state index in [0.717, 1.165) is 61.8 Å². The van der Waals surface area contributed by atoms with Crippen LogP contribution in [0.4, 0.5) is 9.39 Å². The number of hydrogen-bond donors (Lipinski definition) is 2.